The summed E-state index contributed by atoms with van der Waals surface area (Å²) in [5.74, 6) is 0.469. The lowest BCUT2D eigenvalue weighted by Gasteiger charge is -2.26. The van der Waals surface area contributed by atoms with Gasteiger partial charge in [-0.2, -0.15) is 0 Å². The molecule has 4 nitrogen and oxygen atoms in total. The summed E-state index contributed by atoms with van der Waals surface area (Å²) >= 11 is 6.00. The number of ether oxygens (including phenoxy) is 2. The number of aryl methyl sites for hydroxylation is 1. The van der Waals surface area contributed by atoms with Crippen LogP contribution in [0.2, 0.25) is 0 Å². The first-order valence-electron chi connectivity index (χ1n) is 6.47. The Labute approximate surface area is 120 Å². The number of halogens is 1. The minimum absolute atomic E-state index is 0.469. The highest BCUT2D eigenvalue weighted by Crippen LogP contribution is 2.22. The van der Waals surface area contributed by atoms with E-state index in [1.54, 1.807) is 14.2 Å². The van der Waals surface area contributed by atoms with Crippen LogP contribution in [-0.2, 0) is 15.4 Å². The third-order valence-corrected chi connectivity index (χ3v) is 3.21. The molecular weight excluding hydrogens is 264 g/mol. The Morgan fingerprint density at radius 2 is 1.95 bits per heavy atom. The Morgan fingerprint density at radius 1 is 1.21 bits per heavy atom. The topological polar surface area (TPSA) is 34.6 Å². The molecule has 0 saturated carbocycles. The van der Waals surface area contributed by atoms with Crippen LogP contribution >= 0.6 is 11.6 Å². The van der Waals surface area contributed by atoms with Gasteiger partial charge in [0.2, 0.25) is 0 Å². The first-order chi connectivity index (χ1) is 9.22. The van der Waals surface area contributed by atoms with Crippen molar-refractivity contribution in [2.24, 2.45) is 0 Å². The van der Waals surface area contributed by atoms with Crippen LogP contribution in [0.4, 0.5) is 5.69 Å². The fraction of sp³-hybridized carbons (Fsp3) is 0.643. The van der Waals surface area contributed by atoms with Gasteiger partial charge in [0.1, 0.15) is 0 Å². The fourth-order valence-corrected chi connectivity index (χ4v) is 2.13. The number of aromatic nitrogens is 1. The van der Waals surface area contributed by atoms with Gasteiger partial charge in [0.25, 0.3) is 0 Å². The second kappa shape index (κ2) is 9.13. The number of hydrogen-bond acceptors (Lipinski definition) is 4. The van der Waals surface area contributed by atoms with Crippen LogP contribution in [-0.4, -0.2) is 45.5 Å². The summed E-state index contributed by atoms with van der Waals surface area (Å²) in [7, 11) is 3.44. The molecule has 0 bridgehead atoms. The molecule has 1 aromatic rings. The Kier molecular flexibility index (Phi) is 7.79. The normalized spacial score (nSPS) is 10.7. The van der Waals surface area contributed by atoms with Gasteiger partial charge in [0.15, 0.2) is 0 Å². The van der Waals surface area contributed by atoms with Crippen molar-refractivity contribution in [1.82, 2.24) is 4.98 Å². The molecule has 1 heterocycles. The van der Waals surface area contributed by atoms with Crippen molar-refractivity contribution in [1.29, 1.82) is 0 Å². The second-order valence-electron chi connectivity index (χ2n) is 4.41. The molecule has 0 aliphatic carbocycles. The van der Waals surface area contributed by atoms with Gasteiger partial charge in [-0.15, -0.1) is 11.6 Å². The number of anilines is 1. The highest BCUT2D eigenvalue weighted by Gasteiger charge is 2.11. The maximum atomic E-state index is 6.00. The van der Waals surface area contributed by atoms with E-state index in [9.17, 15) is 0 Å². The molecule has 5 heteroatoms. The number of hydrogen-bond donors (Lipinski definition) is 0. The maximum absolute atomic E-state index is 6.00. The molecule has 0 radical (unpaired) electrons. The number of pyridine rings is 1. The Balaban J connectivity index is 2.84. The van der Waals surface area contributed by atoms with Crippen molar-refractivity contribution in [3.8, 4) is 0 Å². The predicted molar refractivity (Wildman–Crippen MR) is 79.1 cm³/mol. The SMILES string of the molecule is COCCCN(CCOC)c1cc(C)ncc1CCl. The number of rotatable bonds is 9. The monoisotopic (exact) mass is 286 g/mol. The molecule has 0 aliphatic heterocycles. The Morgan fingerprint density at radius 3 is 2.58 bits per heavy atom. The van der Waals surface area contributed by atoms with Gasteiger partial charge in [0, 0.05) is 57.1 Å². The lowest BCUT2D eigenvalue weighted by molar-refractivity contribution is 0.191. The summed E-state index contributed by atoms with van der Waals surface area (Å²) in [6.07, 6.45) is 2.83. The van der Waals surface area contributed by atoms with E-state index in [0.29, 0.717) is 12.5 Å². The zero-order valence-corrected chi connectivity index (χ0v) is 12.7. The smallest absolute Gasteiger partial charge is 0.0637 e. The van der Waals surface area contributed by atoms with Gasteiger partial charge in [0.05, 0.1) is 12.5 Å². The van der Waals surface area contributed by atoms with Crippen LogP contribution in [0.5, 0.6) is 0 Å². The van der Waals surface area contributed by atoms with Gasteiger partial charge < -0.3 is 14.4 Å². The van der Waals surface area contributed by atoms with Crippen molar-refractivity contribution in [3.63, 3.8) is 0 Å². The lowest BCUT2D eigenvalue weighted by Crippen LogP contribution is -2.30. The standard InChI is InChI=1S/C14H23ClN2O2/c1-12-9-14(13(10-15)11-16-12)17(6-8-19-3)5-4-7-18-2/h9,11H,4-8,10H2,1-3H3. The summed E-state index contributed by atoms with van der Waals surface area (Å²) in [6, 6.07) is 2.08. The average Bonchev–Trinajstić information content (AvgIpc) is 2.42. The van der Waals surface area contributed by atoms with Gasteiger partial charge in [-0.1, -0.05) is 0 Å². The van der Waals surface area contributed by atoms with E-state index in [1.807, 2.05) is 13.1 Å². The highest BCUT2D eigenvalue weighted by atomic mass is 35.5. The zero-order valence-electron chi connectivity index (χ0n) is 12.0. The average molecular weight is 287 g/mol. The Hall–Kier alpha value is -0.840. The second-order valence-corrected chi connectivity index (χ2v) is 4.68. The molecule has 0 atom stereocenters. The molecule has 0 spiro atoms. The summed E-state index contributed by atoms with van der Waals surface area (Å²) in [6.45, 7) is 5.20. The summed E-state index contributed by atoms with van der Waals surface area (Å²) in [5, 5.41) is 0. The molecule has 0 unspecified atom stereocenters. The van der Waals surface area contributed by atoms with Crippen LogP contribution in [0.15, 0.2) is 12.3 Å². The van der Waals surface area contributed by atoms with Crippen molar-refractivity contribution >= 4 is 17.3 Å². The van der Waals surface area contributed by atoms with Gasteiger partial charge in [-0.25, -0.2) is 0 Å². The summed E-state index contributed by atoms with van der Waals surface area (Å²) in [4.78, 5) is 6.59. The van der Waals surface area contributed by atoms with Crippen molar-refractivity contribution in [3.05, 3.63) is 23.5 Å². The maximum Gasteiger partial charge on any atom is 0.0637 e. The van der Waals surface area contributed by atoms with Crippen LogP contribution in [0.1, 0.15) is 17.7 Å². The number of nitrogens with zero attached hydrogens (tertiary/aromatic N) is 2. The molecular formula is C14H23ClN2O2. The largest absolute Gasteiger partial charge is 0.385 e. The zero-order chi connectivity index (χ0) is 14.1. The Bertz CT molecular complexity index is 374. The first kappa shape index (κ1) is 16.2. The quantitative estimate of drug-likeness (QED) is 0.516. The van der Waals surface area contributed by atoms with Gasteiger partial charge in [-0.3, -0.25) is 4.98 Å². The minimum Gasteiger partial charge on any atom is -0.385 e. The molecule has 1 rings (SSSR count). The van der Waals surface area contributed by atoms with Gasteiger partial charge >= 0.3 is 0 Å². The third-order valence-electron chi connectivity index (χ3n) is 2.93. The van der Waals surface area contributed by atoms with Crippen LogP contribution in [0, 0.1) is 6.92 Å². The van der Waals surface area contributed by atoms with E-state index in [4.69, 9.17) is 21.1 Å². The lowest BCUT2D eigenvalue weighted by atomic mass is 10.2. The van der Waals surface area contributed by atoms with Crippen molar-refractivity contribution < 1.29 is 9.47 Å². The molecule has 0 aromatic carbocycles. The molecule has 1 aromatic heterocycles. The molecule has 0 saturated heterocycles. The number of methoxy groups -OCH3 is 2. The van der Waals surface area contributed by atoms with Crippen LogP contribution in [0.25, 0.3) is 0 Å². The van der Waals surface area contributed by atoms with Crippen LogP contribution < -0.4 is 4.90 Å². The fourth-order valence-electron chi connectivity index (χ4n) is 1.92. The van der Waals surface area contributed by atoms with Gasteiger partial charge in [-0.05, 0) is 19.4 Å². The summed E-state index contributed by atoms with van der Waals surface area (Å²) in [5.41, 5.74) is 3.20. The summed E-state index contributed by atoms with van der Waals surface area (Å²) < 4.78 is 10.3. The van der Waals surface area contributed by atoms with E-state index < -0.39 is 0 Å². The molecule has 0 amide bonds. The molecule has 0 fully saturated rings. The number of alkyl halides is 1. The van der Waals surface area contributed by atoms with Crippen LogP contribution in [0.3, 0.4) is 0 Å². The highest BCUT2D eigenvalue weighted by molar-refractivity contribution is 6.17. The molecule has 108 valence electrons. The van der Waals surface area contributed by atoms with E-state index in [-0.39, 0.29) is 0 Å². The van der Waals surface area contributed by atoms with Crippen molar-refractivity contribution in [2.45, 2.75) is 19.2 Å². The van der Waals surface area contributed by atoms with E-state index >= 15 is 0 Å². The molecule has 0 aliphatic rings. The molecule has 0 N–H and O–H groups in total. The van der Waals surface area contributed by atoms with E-state index in [1.165, 1.54) is 0 Å². The third kappa shape index (κ3) is 5.35. The predicted octanol–water partition coefficient (Wildman–Crippen LogP) is 2.62. The van der Waals surface area contributed by atoms with Crippen molar-refractivity contribution in [2.75, 3.05) is 45.4 Å². The van der Waals surface area contributed by atoms with E-state index in [2.05, 4.69) is 16.0 Å². The minimum atomic E-state index is 0.469. The van der Waals surface area contributed by atoms with E-state index in [0.717, 1.165) is 43.1 Å². The molecule has 19 heavy (non-hydrogen) atoms. The first-order valence-corrected chi connectivity index (χ1v) is 7.00.